The van der Waals surface area contributed by atoms with Crippen LogP contribution in [0.5, 0.6) is 5.75 Å². The van der Waals surface area contributed by atoms with Gasteiger partial charge < -0.3 is 21.1 Å². The Labute approximate surface area is 186 Å². The zero-order valence-corrected chi connectivity index (χ0v) is 18.5. The Morgan fingerprint density at radius 2 is 1.87 bits per heavy atom. The van der Waals surface area contributed by atoms with Gasteiger partial charge in [0.15, 0.2) is 0 Å². The summed E-state index contributed by atoms with van der Waals surface area (Å²) in [6, 6.07) is 15.1. The molecule has 6 nitrogen and oxygen atoms in total. The Bertz CT molecular complexity index is 1090. The van der Waals surface area contributed by atoms with E-state index < -0.39 is 0 Å². The van der Waals surface area contributed by atoms with Crippen LogP contribution in [-0.2, 0) is 0 Å². The monoisotopic (exact) mass is 434 g/mol. The number of nitrogens with one attached hydrogen (secondary N) is 2. The Morgan fingerprint density at radius 3 is 2.58 bits per heavy atom. The van der Waals surface area contributed by atoms with Crippen LogP contribution < -0.4 is 21.1 Å². The van der Waals surface area contributed by atoms with E-state index in [0.29, 0.717) is 6.61 Å². The van der Waals surface area contributed by atoms with Gasteiger partial charge in [-0.05, 0) is 43.2 Å². The van der Waals surface area contributed by atoms with E-state index >= 15 is 0 Å². The van der Waals surface area contributed by atoms with Crippen LogP contribution in [0, 0.1) is 0 Å². The number of carbonyl (C=O) groups excluding carboxylic acids is 1. The quantitative estimate of drug-likeness (QED) is 0.345. The molecule has 1 aliphatic heterocycles. The van der Waals surface area contributed by atoms with Crippen molar-refractivity contribution in [3.63, 3.8) is 0 Å². The molecule has 31 heavy (non-hydrogen) atoms. The summed E-state index contributed by atoms with van der Waals surface area (Å²) in [5.41, 5.74) is 11.2. The number of nitrogens with two attached hydrogens (primary N) is 1. The number of amides is 2. The summed E-state index contributed by atoms with van der Waals surface area (Å²) in [6.45, 7) is 4.75. The lowest BCUT2D eigenvalue weighted by molar-refractivity contribution is 0.240. The number of benzene rings is 2. The smallest absolute Gasteiger partial charge is 0.319 e. The largest absolute Gasteiger partial charge is 0.494 e. The summed E-state index contributed by atoms with van der Waals surface area (Å²) in [6.07, 6.45) is 2.12. The van der Waals surface area contributed by atoms with Crippen molar-refractivity contribution in [2.45, 2.75) is 32.7 Å². The van der Waals surface area contributed by atoms with Gasteiger partial charge in [0.05, 0.1) is 18.3 Å². The SMILES string of the molecule is CCCCOc1ccc(C2NC(=O)NC(C)=C2c2nc(-c3ccc(N)cc3)cs2)cc1. The molecule has 0 aliphatic carbocycles. The molecule has 0 saturated carbocycles. The van der Waals surface area contributed by atoms with Gasteiger partial charge in [0, 0.05) is 27.9 Å². The Hall–Kier alpha value is -3.32. The second-order valence-electron chi connectivity index (χ2n) is 7.50. The molecule has 4 N–H and O–H groups in total. The molecule has 4 rings (SSSR count). The molecule has 1 aliphatic rings. The molecule has 7 heteroatoms. The summed E-state index contributed by atoms with van der Waals surface area (Å²) in [5.74, 6) is 0.833. The van der Waals surface area contributed by atoms with Gasteiger partial charge in [0.1, 0.15) is 10.8 Å². The Balaban J connectivity index is 1.63. The first-order valence-corrected chi connectivity index (χ1v) is 11.3. The molecule has 0 fully saturated rings. The first kappa shape index (κ1) is 20.9. The summed E-state index contributed by atoms with van der Waals surface area (Å²) in [5, 5.41) is 8.82. The normalized spacial score (nSPS) is 16.1. The lowest BCUT2D eigenvalue weighted by atomic mass is 9.96. The highest BCUT2D eigenvalue weighted by Gasteiger charge is 2.29. The molecule has 1 atom stereocenters. The van der Waals surface area contributed by atoms with E-state index in [9.17, 15) is 4.79 Å². The predicted octanol–water partition coefficient (Wildman–Crippen LogP) is 5.36. The van der Waals surface area contributed by atoms with Gasteiger partial charge in [-0.1, -0.05) is 37.6 Å². The number of allylic oxidation sites excluding steroid dienone is 1. The third kappa shape index (κ3) is 4.72. The molecule has 0 saturated heterocycles. The fraction of sp³-hybridized carbons (Fsp3) is 0.250. The second-order valence-corrected chi connectivity index (χ2v) is 8.36. The van der Waals surface area contributed by atoms with Crippen LogP contribution in [0.15, 0.2) is 59.6 Å². The zero-order chi connectivity index (χ0) is 21.8. The van der Waals surface area contributed by atoms with Crippen LogP contribution in [0.2, 0.25) is 0 Å². The Morgan fingerprint density at radius 1 is 1.13 bits per heavy atom. The molecule has 0 bridgehead atoms. The number of hydrogen-bond donors (Lipinski definition) is 3. The van der Waals surface area contributed by atoms with Crippen molar-refractivity contribution in [1.29, 1.82) is 0 Å². The molecule has 1 unspecified atom stereocenters. The number of carbonyl (C=O) groups is 1. The van der Waals surface area contributed by atoms with E-state index in [1.54, 1.807) is 11.3 Å². The molecule has 160 valence electrons. The minimum atomic E-state index is -0.288. The van der Waals surface area contributed by atoms with Crippen molar-refractivity contribution in [3.8, 4) is 17.0 Å². The van der Waals surface area contributed by atoms with Gasteiger partial charge in [0.25, 0.3) is 0 Å². The van der Waals surface area contributed by atoms with Crippen LogP contribution in [0.4, 0.5) is 10.5 Å². The van der Waals surface area contributed by atoms with Crippen LogP contribution in [0.3, 0.4) is 0 Å². The summed E-state index contributed by atoms with van der Waals surface area (Å²) >= 11 is 1.56. The van der Waals surface area contributed by atoms with Gasteiger partial charge in [-0.2, -0.15) is 0 Å². The van der Waals surface area contributed by atoms with Crippen LogP contribution in [0.25, 0.3) is 16.8 Å². The van der Waals surface area contributed by atoms with Crippen molar-refractivity contribution in [2.75, 3.05) is 12.3 Å². The van der Waals surface area contributed by atoms with Gasteiger partial charge in [-0.3, -0.25) is 0 Å². The van der Waals surface area contributed by atoms with Crippen molar-refractivity contribution < 1.29 is 9.53 Å². The number of hydrogen-bond acceptors (Lipinski definition) is 5. The van der Waals surface area contributed by atoms with Crippen LogP contribution in [0.1, 0.15) is 43.3 Å². The average molecular weight is 435 g/mol. The molecule has 2 heterocycles. The maximum absolute atomic E-state index is 12.2. The zero-order valence-electron chi connectivity index (χ0n) is 17.6. The van der Waals surface area contributed by atoms with Crippen molar-refractivity contribution in [1.82, 2.24) is 15.6 Å². The number of ether oxygens (including phenoxy) is 1. The lowest BCUT2D eigenvalue weighted by Gasteiger charge is -2.28. The number of nitrogens with zero attached hydrogens (tertiary/aromatic N) is 1. The highest BCUT2D eigenvalue weighted by atomic mass is 32.1. The molecule has 1 aromatic heterocycles. The number of rotatable bonds is 7. The van der Waals surface area contributed by atoms with E-state index in [0.717, 1.165) is 57.4 Å². The minimum absolute atomic E-state index is 0.218. The first-order chi connectivity index (χ1) is 15.0. The first-order valence-electron chi connectivity index (χ1n) is 10.4. The molecule has 2 amide bonds. The number of urea groups is 1. The van der Waals surface area contributed by atoms with Gasteiger partial charge in [-0.15, -0.1) is 11.3 Å². The summed E-state index contributed by atoms with van der Waals surface area (Å²) in [4.78, 5) is 17.1. The minimum Gasteiger partial charge on any atom is -0.494 e. The van der Waals surface area contributed by atoms with Crippen molar-refractivity contribution in [3.05, 3.63) is 70.2 Å². The topological polar surface area (TPSA) is 89.3 Å². The third-order valence-corrected chi connectivity index (χ3v) is 6.07. The molecular formula is C24H26N4O2S. The summed E-state index contributed by atoms with van der Waals surface area (Å²) < 4.78 is 5.77. The maximum Gasteiger partial charge on any atom is 0.319 e. The van der Waals surface area contributed by atoms with E-state index in [1.807, 2.05) is 60.8 Å². The average Bonchev–Trinajstić information content (AvgIpc) is 3.24. The maximum atomic E-state index is 12.2. The van der Waals surface area contributed by atoms with E-state index in [1.165, 1.54) is 0 Å². The molecule has 0 spiro atoms. The second kappa shape index (κ2) is 9.22. The highest BCUT2D eigenvalue weighted by molar-refractivity contribution is 7.11. The van der Waals surface area contributed by atoms with Crippen molar-refractivity contribution in [2.24, 2.45) is 0 Å². The molecule has 2 aromatic carbocycles. The number of thiazole rings is 1. The predicted molar refractivity (Wildman–Crippen MR) is 126 cm³/mol. The number of nitrogen functional groups attached to an aromatic ring is 1. The number of anilines is 1. The highest BCUT2D eigenvalue weighted by Crippen LogP contribution is 2.37. The van der Waals surface area contributed by atoms with Crippen LogP contribution in [-0.4, -0.2) is 17.6 Å². The van der Waals surface area contributed by atoms with E-state index in [2.05, 4.69) is 17.6 Å². The number of unbranched alkanes of at least 4 members (excludes halogenated alkanes) is 1. The fourth-order valence-electron chi connectivity index (χ4n) is 3.50. The fourth-order valence-corrected chi connectivity index (χ4v) is 4.46. The standard InChI is InChI=1S/C24H26N4O2S/c1-3-4-13-30-19-11-7-17(8-12-19)22-21(15(2)26-24(29)28-22)23-27-20(14-31-23)16-5-9-18(25)10-6-16/h5-12,14,22H,3-4,13,25H2,1-2H3,(H2,26,28,29). The lowest BCUT2D eigenvalue weighted by Crippen LogP contribution is -2.42. The molecular weight excluding hydrogens is 408 g/mol. The molecule has 3 aromatic rings. The van der Waals surface area contributed by atoms with Crippen LogP contribution >= 0.6 is 11.3 Å². The third-order valence-electron chi connectivity index (χ3n) is 5.19. The van der Waals surface area contributed by atoms with Gasteiger partial charge >= 0.3 is 6.03 Å². The molecule has 0 radical (unpaired) electrons. The van der Waals surface area contributed by atoms with Gasteiger partial charge in [-0.25, -0.2) is 9.78 Å². The van der Waals surface area contributed by atoms with E-state index in [4.69, 9.17) is 15.5 Å². The summed E-state index contributed by atoms with van der Waals surface area (Å²) in [7, 11) is 0. The van der Waals surface area contributed by atoms with Crippen molar-refractivity contribution >= 4 is 28.6 Å². The van der Waals surface area contributed by atoms with E-state index in [-0.39, 0.29) is 12.1 Å². The van der Waals surface area contributed by atoms with Gasteiger partial charge in [0.2, 0.25) is 0 Å². The Kier molecular flexibility index (Phi) is 6.23. The number of aromatic nitrogens is 1.